The number of aryl methyl sites for hydroxylation is 1. The van der Waals surface area contributed by atoms with Crippen molar-refractivity contribution in [1.29, 1.82) is 0 Å². The summed E-state index contributed by atoms with van der Waals surface area (Å²) in [7, 11) is -3.64. The van der Waals surface area contributed by atoms with E-state index in [0.717, 1.165) is 44.2 Å². The Morgan fingerprint density at radius 3 is 2.50 bits per heavy atom. The van der Waals surface area contributed by atoms with Crippen LogP contribution in [0.4, 0.5) is 14.5 Å². The highest BCUT2D eigenvalue weighted by Crippen LogP contribution is 2.24. The first-order valence-electron chi connectivity index (χ1n) is 9.75. The molecule has 0 spiro atoms. The summed E-state index contributed by atoms with van der Waals surface area (Å²) in [5.41, 5.74) is 0.388. The molecule has 30 heavy (non-hydrogen) atoms. The second-order valence-electron chi connectivity index (χ2n) is 7.34. The number of anilines is 1. The van der Waals surface area contributed by atoms with Crippen LogP contribution >= 0.6 is 0 Å². The minimum absolute atomic E-state index is 0.0458. The summed E-state index contributed by atoms with van der Waals surface area (Å²) in [5, 5.41) is 2.30. The molecular weight excluding hydrogens is 414 g/mol. The van der Waals surface area contributed by atoms with E-state index >= 15 is 0 Å². The molecule has 1 amide bonds. The lowest BCUT2D eigenvalue weighted by Crippen LogP contribution is -2.36. The second-order valence-corrected chi connectivity index (χ2v) is 9.06. The highest BCUT2D eigenvalue weighted by atomic mass is 32.2. The van der Waals surface area contributed by atoms with Gasteiger partial charge in [0.25, 0.3) is 5.91 Å². The van der Waals surface area contributed by atoms with Crippen LogP contribution in [-0.4, -0.2) is 27.0 Å². The number of hydrogen-bond donors (Lipinski definition) is 2. The average Bonchev–Trinajstić information content (AvgIpc) is 2.69. The molecule has 1 saturated carbocycles. The fourth-order valence-electron chi connectivity index (χ4n) is 3.38. The molecule has 0 aliphatic heterocycles. The molecule has 0 heterocycles. The van der Waals surface area contributed by atoms with Crippen molar-refractivity contribution in [3.8, 4) is 5.75 Å². The van der Waals surface area contributed by atoms with Gasteiger partial charge in [-0.05, 0) is 55.7 Å². The molecule has 2 N–H and O–H groups in total. The van der Waals surface area contributed by atoms with Crippen LogP contribution in [0.15, 0.2) is 41.3 Å². The van der Waals surface area contributed by atoms with E-state index in [9.17, 15) is 22.0 Å². The third-order valence-corrected chi connectivity index (χ3v) is 6.47. The van der Waals surface area contributed by atoms with Crippen molar-refractivity contribution in [1.82, 2.24) is 4.72 Å². The van der Waals surface area contributed by atoms with Gasteiger partial charge in [-0.25, -0.2) is 21.9 Å². The SMILES string of the molecule is Cc1cc(S(=O)(=O)NC2CCCCC2)ccc1OCC(=O)Nc1ccc(F)cc1F. The van der Waals surface area contributed by atoms with Crippen LogP contribution in [0.25, 0.3) is 0 Å². The fraction of sp³-hybridized carbons (Fsp3) is 0.381. The minimum Gasteiger partial charge on any atom is -0.483 e. The topological polar surface area (TPSA) is 84.5 Å². The predicted octanol–water partition coefficient (Wildman–Crippen LogP) is 3.90. The Kier molecular flexibility index (Phi) is 7.04. The van der Waals surface area contributed by atoms with E-state index in [4.69, 9.17) is 4.74 Å². The number of hydrogen-bond acceptors (Lipinski definition) is 4. The van der Waals surface area contributed by atoms with Gasteiger partial charge in [-0.15, -0.1) is 0 Å². The Bertz CT molecular complexity index is 1020. The molecule has 1 aliphatic carbocycles. The van der Waals surface area contributed by atoms with Gasteiger partial charge in [0.15, 0.2) is 6.61 Å². The lowest BCUT2D eigenvalue weighted by atomic mass is 9.96. The zero-order valence-electron chi connectivity index (χ0n) is 16.6. The number of halogens is 2. The molecule has 0 bridgehead atoms. The van der Waals surface area contributed by atoms with Gasteiger partial charge >= 0.3 is 0 Å². The van der Waals surface area contributed by atoms with Crippen molar-refractivity contribution in [2.75, 3.05) is 11.9 Å². The quantitative estimate of drug-likeness (QED) is 0.687. The van der Waals surface area contributed by atoms with Crippen LogP contribution in [0, 0.1) is 18.6 Å². The third-order valence-electron chi connectivity index (χ3n) is 4.95. The van der Waals surface area contributed by atoms with Gasteiger partial charge in [0.1, 0.15) is 17.4 Å². The number of rotatable bonds is 7. The highest BCUT2D eigenvalue weighted by molar-refractivity contribution is 7.89. The van der Waals surface area contributed by atoms with E-state index in [1.54, 1.807) is 6.92 Å². The van der Waals surface area contributed by atoms with E-state index < -0.39 is 34.2 Å². The lowest BCUT2D eigenvalue weighted by Gasteiger charge is -2.22. The van der Waals surface area contributed by atoms with E-state index in [0.29, 0.717) is 17.4 Å². The van der Waals surface area contributed by atoms with Gasteiger partial charge in [0.2, 0.25) is 10.0 Å². The Balaban J connectivity index is 1.60. The van der Waals surface area contributed by atoms with Crippen molar-refractivity contribution in [2.45, 2.75) is 50.0 Å². The minimum atomic E-state index is -3.64. The smallest absolute Gasteiger partial charge is 0.262 e. The van der Waals surface area contributed by atoms with Crippen molar-refractivity contribution >= 4 is 21.6 Å². The number of carbonyl (C=O) groups excluding carboxylic acids is 1. The normalized spacial score (nSPS) is 15.0. The fourth-order valence-corrected chi connectivity index (χ4v) is 4.77. The van der Waals surface area contributed by atoms with E-state index in [2.05, 4.69) is 10.0 Å². The van der Waals surface area contributed by atoms with Gasteiger partial charge < -0.3 is 10.1 Å². The van der Waals surface area contributed by atoms with Gasteiger partial charge in [-0.3, -0.25) is 4.79 Å². The maximum absolute atomic E-state index is 13.6. The number of sulfonamides is 1. The summed E-state index contributed by atoms with van der Waals surface area (Å²) in [4.78, 5) is 12.1. The zero-order valence-corrected chi connectivity index (χ0v) is 17.4. The molecule has 0 saturated heterocycles. The van der Waals surface area contributed by atoms with Gasteiger partial charge in [0.05, 0.1) is 10.6 Å². The first-order chi connectivity index (χ1) is 14.2. The summed E-state index contributed by atoms with van der Waals surface area (Å²) >= 11 is 0. The van der Waals surface area contributed by atoms with Gasteiger partial charge in [-0.1, -0.05) is 19.3 Å². The molecule has 0 aromatic heterocycles. The molecule has 162 valence electrons. The molecule has 1 fully saturated rings. The van der Waals surface area contributed by atoms with Gasteiger partial charge in [-0.2, -0.15) is 0 Å². The van der Waals surface area contributed by atoms with Crippen molar-refractivity contribution in [2.24, 2.45) is 0 Å². The van der Waals surface area contributed by atoms with Crippen LogP contribution in [0.1, 0.15) is 37.7 Å². The Morgan fingerprint density at radius 2 is 1.83 bits per heavy atom. The van der Waals surface area contributed by atoms with Crippen LogP contribution in [0.2, 0.25) is 0 Å². The summed E-state index contributed by atoms with van der Waals surface area (Å²) in [6, 6.07) is 7.16. The Morgan fingerprint density at radius 1 is 1.10 bits per heavy atom. The number of carbonyl (C=O) groups is 1. The number of amides is 1. The summed E-state index contributed by atoms with van der Waals surface area (Å²) in [6.45, 7) is 1.26. The Labute approximate surface area is 174 Å². The largest absolute Gasteiger partial charge is 0.483 e. The summed E-state index contributed by atoms with van der Waals surface area (Å²) in [5.74, 6) is -1.93. The van der Waals surface area contributed by atoms with Crippen LogP contribution in [0.5, 0.6) is 5.75 Å². The van der Waals surface area contributed by atoms with Crippen LogP contribution < -0.4 is 14.8 Å². The van der Waals surface area contributed by atoms with Gasteiger partial charge in [0, 0.05) is 12.1 Å². The summed E-state index contributed by atoms with van der Waals surface area (Å²) in [6.07, 6.45) is 4.84. The predicted molar refractivity (Wildman–Crippen MR) is 109 cm³/mol. The molecule has 1 aliphatic rings. The maximum atomic E-state index is 13.6. The third kappa shape index (κ3) is 5.76. The lowest BCUT2D eigenvalue weighted by molar-refractivity contribution is -0.118. The van der Waals surface area contributed by atoms with E-state index in [1.165, 1.54) is 18.2 Å². The molecule has 0 radical (unpaired) electrons. The first kappa shape index (κ1) is 22.2. The zero-order chi connectivity index (χ0) is 21.7. The van der Waals surface area contributed by atoms with Crippen molar-refractivity contribution < 1.29 is 26.7 Å². The number of ether oxygens (including phenoxy) is 1. The van der Waals surface area contributed by atoms with Crippen LogP contribution in [0.3, 0.4) is 0 Å². The first-order valence-corrected chi connectivity index (χ1v) is 11.2. The van der Waals surface area contributed by atoms with E-state index in [1.807, 2.05) is 0 Å². The Hall–Kier alpha value is -2.52. The molecule has 2 aromatic carbocycles. The molecule has 9 heteroatoms. The van der Waals surface area contributed by atoms with Crippen molar-refractivity contribution in [3.05, 3.63) is 53.6 Å². The maximum Gasteiger partial charge on any atom is 0.262 e. The standard InChI is InChI=1S/C21H24F2N2O4S/c1-14-11-17(30(27,28)25-16-5-3-2-4-6-16)8-10-20(14)29-13-21(26)24-19-9-7-15(22)12-18(19)23/h7-12,16,25H,2-6,13H2,1H3,(H,24,26). The van der Waals surface area contributed by atoms with Crippen molar-refractivity contribution in [3.63, 3.8) is 0 Å². The molecule has 0 atom stereocenters. The summed E-state index contributed by atoms with van der Waals surface area (Å²) < 4.78 is 59.9. The molecule has 0 unspecified atom stereocenters. The average molecular weight is 438 g/mol. The molecular formula is C21H24F2N2O4S. The molecule has 6 nitrogen and oxygen atoms in total. The second kappa shape index (κ2) is 9.53. The number of nitrogens with one attached hydrogen (secondary N) is 2. The molecule has 3 rings (SSSR count). The molecule has 2 aromatic rings. The van der Waals surface area contributed by atoms with E-state index in [-0.39, 0.29) is 16.6 Å². The monoisotopic (exact) mass is 438 g/mol. The highest BCUT2D eigenvalue weighted by Gasteiger charge is 2.22. The number of benzene rings is 2. The van der Waals surface area contributed by atoms with Crippen LogP contribution in [-0.2, 0) is 14.8 Å².